The van der Waals surface area contributed by atoms with E-state index in [4.69, 9.17) is 5.52 Å². The molecule has 0 N–H and O–H groups in total. The molecule has 1 aliphatic rings. The molecular formula is C8H15BNO2S. The van der Waals surface area contributed by atoms with Crippen molar-refractivity contribution in [3.05, 3.63) is 0 Å². The highest BCUT2D eigenvalue weighted by Gasteiger charge is 2.37. The molecule has 1 saturated heterocycles. The van der Waals surface area contributed by atoms with Crippen molar-refractivity contribution in [1.29, 1.82) is 1.34 Å². The summed E-state index contributed by atoms with van der Waals surface area (Å²) in [7, 11) is 1.14. The van der Waals surface area contributed by atoms with Crippen molar-refractivity contribution in [3.8, 4) is 0 Å². The zero-order valence-corrected chi connectivity index (χ0v) is 8.84. The average Bonchev–Trinajstić information content (AvgIpc) is 2.44. The van der Waals surface area contributed by atoms with E-state index in [1.807, 2.05) is 11.8 Å². The van der Waals surface area contributed by atoms with Crippen molar-refractivity contribution >= 4 is 24.9 Å². The van der Waals surface area contributed by atoms with Crippen molar-refractivity contribution in [3.63, 3.8) is 0 Å². The van der Waals surface area contributed by atoms with Crippen LogP contribution in [0.2, 0.25) is 0 Å². The first-order valence-electron chi connectivity index (χ1n) is 5.09. The monoisotopic (exact) mass is 202 g/mol. The third-order valence-corrected chi connectivity index (χ3v) is 2.69. The van der Waals surface area contributed by atoms with Crippen LogP contribution in [0.25, 0.3) is 0 Å². The van der Waals surface area contributed by atoms with E-state index in [-0.39, 0.29) is 17.9 Å². The molecule has 1 fully saturated rings. The molecule has 1 rings (SSSR count). The zero-order valence-electron chi connectivity index (χ0n) is 9.03. The van der Waals surface area contributed by atoms with Crippen LogP contribution in [0.5, 0.6) is 0 Å². The van der Waals surface area contributed by atoms with E-state index >= 15 is 0 Å². The van der Waals surface area contributed by atoms with Gasteiger partial charge in [-0.1, -0.05) is 25.7 Å². The van der Waals surface area contributed by atoms with Gasteiger partial charge in [0.2, 0.25) is 13.0 Å². The fraction of sp³-hybridized carbons (Fsp3) is 0.875. The molecule has 0 bridgehead atoms. The van der Waals surface area contributed by atoms with E-state index in [2.05, 4.69) is 6.92 Å². The fourth-order valence-corrected chi connectivity index (χ4v) is 1.94. The Labute approximate surface area is 86.1 Å². The molecule has 0 spiro atoms. The first-order chi connectivity index (χ1) is 6.70. The Kier molecular flexibility index (Phi) is 3.55. The summed E-state index contributed by atoms with van der Waals surface area (Å²) >= 11 is 0.994. The van der Waals surface area contributed by atoms with Gasteiger partial charge in [0.05, 0.1) is 12.0 Å². The summed E-state index contributed by atoms with van der Waals surface area (Å²) in [5.41, 5.74) is 0. The maximum Gasteiger partial charge on any atom is 0.228 e. The van der Waals surface area contributed by atoms with Crippen LogP contribution in [0.15, 0.2) is 0 Å². The molecule has 73 valence electrons. The van der Waals surface area contributed by atoms with E-state index in [1.54, 1.807) is 0 Å². The number of rotatable bonds is 5. The summed E-state index contributed by atoms with van der Waals surface area (Å²) < 4.78 is 12.2. The number of likely N-dealkylation sites (tertiary alicyclic amines) is 1. The molecule has 1 amide bonds. The maximum absolute atomic E-state index is 11.6. The highest BCUT2D eigenvalue weighted by atomic mass is 32.2. The molecule has 2 atom stereocenters. The van der Waals surface area contributed by atoms with Crippen molar-refractivity contribution in [2.75, 3.05) is 13.1 Å². The maximum atomic E-state index is 11.6. The Morgan fingerprint density at radius 1 is 1.92 bits per heavy atom. The summed E-state index contributed by atoms with van der Waals surface area (Å²) in [5, 5.41) is 0. The Morgan fingerprint density at radius 2 is 2.69 bits per heavy atom. The molecule has 0 unspecified atom stereocenters. The molecule has 0 saturated carbocycles. The van der Waals surface area contributed by atoms with Crippen LogP contribution in [0, 0.1) is 5.92 Å². The predicted octanol–water partition coefficient (Wildman–Crippen LogP) is 0.724. The second-order valence-corrected chi connectivity index (χ2v) is 3.69. The molecule has 5 heteroatoms. The molecule has 1 aliphatic heterocycles. The van der Waals surface area contributed by atoms with Gasteiger partial charge in [-0.15, -0.1) is 0 Å². The quantitative estimate of drug-likeness (QED) is 0.486. The summed E-state index contributed by atoms with van der Waals surface area (Å²) in [5.74, 6) is 0.0939. The topological polar surface area (TPSA) is 29.5 Å². The molecule has 13 heavy (non-hydrogen) atoms. The van der Waals surface area contributed by atoms with Crippen molar-refractivity contribution in [2.45, 2.75) is 26.4 Å². The molecular weight excluding hydrogens is 185 g/mol. The van der Waals surface area contributed by atoms with Gasteiger partial charge in [-0.25, -0.2) is 0 Å². The molecule has 0 aliphatic carbocycles. The third kappa shape index (κ3) is 2.41. The smallest absolute Gasteiger partial charge is 0.228 e. The van der Waals surface area contributed by atoms with Crippen molar-refractivity contribution in [1.82, 2.24) is 4.90 Å². The van der Waals surface area contributed by atoms with Crippen LogP contribution >= 0.6 is 11.9 Å². The lowest BCUT2D eigenvalue weighted by molar-refractivity contribution is -0.130. The van der Waals surface area contributed by atoms with Gasteiger partial charge in [0.1, 0.15) is 0 Å². The van der Waals surface area contributed by atoms with Gasteiger partial charge in [-0.05, 0) is 7.76 Å². The number of carbonyl (C=O) groups is 1. The molecule has 0 aromatic carbocycles. The standard InChI is InChI=1S/C8H15BNO2S/c1-3-4-10-5-7(12-13-9)6(2)8(10)11/h6-7,9H,3-5H2,1-2H3/t6-,7+/m0/s1/i9T. The Morgan fingerprint density at radius 3 is 3.31 bits per heavy atom. The van der Waals surface area contributed by atoms with Crippen molar-refractivity contribution < 1.29 is 8.98 Å². The fourth-order valence-electron chi connectivity index (χ4n) is 1.57. The van der Waals surface area contributed by atoms with E-state index in [1.165, 1.54) is 0 Å². The lowest BCUT2D eigenvalue weighted by Gasteiger charge is -2.14. The summed E-state index contributed by atoms with van der Waals surface area (Å²) in [4.78, 5) is 13.5. The predicted molar refractivity (Wildman–Crippen MR) is 55.6 cm³/mol. The van der Waals surface area contributed by atoms with Gasteiger partial charge >= 0.3 is 0 Å². The summed E-state index contributed by atoms with van der Waals surface area (Å²) in [6.07, 6.45) is 0.906. The minimum absolute atomic E-state index is 0.0688. The lowest BCUT2D eigenvalue weighted by atomic mass is 10.1. The second kappa shape index (κ2) is 4.91. The van der Waals surface area contributed by atoms with Gasteiger partial charge in [0.25, 0.3) is 0 Å². The summed E-state index contributed by atoms with van der Waals surface area (Å²) in [6, 6.07) is 0. The molecule has 1 heterocycles. The number of hydrogen-bond acceptors (Lipinski definition) is 3. The van der Waals surface area contributed by atoms with E-state index in [9.17, 15) is 4.79 Å². The van der Waals surface area contributed by atoms with Gasteiger partial charge in [-0.3, -0.25) is 4.79 Å². The molecule has 3 nitrogen and oxygen atoms in total. The van der Waals surface area contributed by atoms with Gasteiger partial charge < -0.3 is 9.08 Å². The van der Waals surface area contributed by atoms with Crippen LogP contribution < -0.4 is 0 Å². The number of carbonyl (C=O) groups excluding carboxylic acids is 1. The normalized spacial score (nSPS) is 29.2. The number of amides is 1. The van der Waals surface area contributed by atoms with E-state index in [0.29, 0.717) is 6.54 Å². The largest absolute Gasteiger partial charge is 0.340 e. The summed E-state index contributed by atoms with van der Waals surface area (Å²) in [6.45, 7) is 5.40. The van der Waals surface area contributed by atoms with Gasteiger partial charge in [0.15, 0.2) is 0 Å². The van der Waals surface area contributed by atoms with E-state index in [0.717, 1.165) is 31.9 Å². The number of nitrogens with zero attached hydrogens (tertiary/aromatic N) is 1. The third-order valence-electron chi connectivity index (χ3n) is 2.33. The minimum atomic E-state index is -0.0750. The highest BCUT2D eigenvalue weighted by molar-refractivity contribution is 8.15. The SMILES string of the molecule is [3H][B]SO[C@@H]1CN(CCC)C(=O)[C@H]1C. The molecule has 1 radical (unpaired) electrons. The van der Waals surface area contributed by atoms with Crippen LogP contribution in [0.4, 0.5) is 0 Å². The Hall–Kier alpha value is -0.155. The molecule has 0 aromatic heterocycles. The first kappa shape index (κ1) is 9.40. The lowest BCUT2D eigenvalue weighted by Crippen LogP contribution is -2.27. The van der Waals surface area contributed by atoms with Crippen LogP contribution in [-0.2, 0) is 8.98 Å². The zero-order chi connectivity index (χ0) is 10.6. The van der Waals surface area contributed by atoms with Gasteiger partial charge in [-0.2, -0.15) is 0 Å². The molecule has 0 aromatic rings. The Bertz CT molecular complexity index is 208. The van der Waals surface area contributed by atoms with E-state index < -0.39 is 0 Å². The number of hydrogen-bond donors (Lipinski definition) is 0. The van der Waals surface area contributed by atoms with Crippen molar-refractivity contribution in [2.24, 2.45) is 5.92 Å². The minimum Gasteiger partial charge on any atom is -0.340 e. The average molecular weight is 202 g/mol. The van der Waals surface area contributed by atoms with Gasteiger partial charge in [0, 0.05) is 13.1 Å². The highest BCUT2D eigenvalue weighted by Crippen LogP contribution is 2.23. The Balaban J connectivity index is 2.44. The first-order valence-corrected chi connectivity index (χ1v) is 5.32. The van der Waals surface area contributed by atoms with Crippen LogP contribution in [0.1, 0.15) is 20.3 Å². The van der Waals surface area contributed by atoms with Crippen LogP contribution in [0.3, 0.4) is 0 Å². The van der Waals surface area contributed by atoms with Crippen LogP contribution in [-0.4, -0.2) is 38.4 Å². The second-order valence-electron chi connectivity index (χ2n) is 3.30.